The third-order valence-electron chi connectivity index (χ3n) is 5.81. The first-order valence-corrected chi connectivity index (χ1v) is 9.68. The van der Waals surface area contributed by atoms with E-state index in [2.05, 4.69) is 5.32 Å². The van der Waals surface area contributed by atoms with Crippen molar-refractivity contribution in [2.45, 2.75) is 25.9 Å². The lowest BCUT2D eigenvalue weighted by atomic mass is 9.76. The Morgan fingerprint density at radius 2 is 1.10 bits per heavy atom. The van der Waals surface area contributed by atoms with Gasteiger partial charge in [-0.25, -0.2) is 0 Å². The first-order valence-electron chi connectivity index (χ1n) is 9.68. The number of Topliss-reactive ketones (excluding diaryl/α,β-unsaturated/α-hetero) is 1. The molecule has 4 atom stereocenters. The lowest BCUT2D eigenvalue weighted by molar-refractivity contribution is -0.130. The molecule has 2 aromatic carbocycles. The fourth-order valence-corrected chi connectivity index (χ4v) is 4.09. The van der Waals surface area contributed by atoms with Crippen molar-refractivity contribution in [3.63, 3.8) is 0 Å². The molecule has 0 radical (unpaired) electrons. The largest absolute Gasteiger partial charge is 0.497 e. The number of carbonyl (C=O) groups is 1. The minimum Gasteiger partial charge on any atom is -0.497 e. The van der Waals surface area contributed by atoms with Crippen LogP contribution in [-0.2, 0) is 4.79 Å². The van der Waals surface area contributed by atoms with Gasteiger partial charge in [-0.05, 0) is 12.1 Å². The molecule has 6 heteroatoms. The SMILES string of the molecule is COc1ccc([C@H]2N[C@H](c3ccc(OC)cc3OC)[C@@H](C)C(=O)[C@H]2C)c(OC)c1. The number of hydrogen-bond acceptors (Lipinski definition) is 6. The fraction of sp³-hybridized carbons (Fsp3) is 0.435. The second kappa shape index (κ2) is 8.74. The van der Waals surface area contributed by atoms with Crippen molar-refractivity contribution in [2.24, 2.45) is 11.8 Å². The van der Waals surface area contributed by atoms with Gasteiger partial charge >= 0.3 is 0 Å². The van der Waals surface area contributed by atoms with Crippen molar-refractivity contribution in [1.82, 2.24) is 5.32 Å². The van der Waals surface area contributed by atoms with Gasteiger partial charge in [0.2, 0.25) is 0 Å². The Bertz CT molecular complexity index is 812. The lowest BCUT2D eigenvalue weighted by Crippen LogP contribution is -2.46. The summed E-state index contributed by atoms with van der Waals surface area (Å²) in [7, 11) is 6.49. The van der Waals surface area contributed by atoms with E-state index in [1.54, 1.807) is 28.4 Å². The Morgan fingerprint density at radius 1 is 0.690 bits per heavy atom. The second-order valence-corrected chi connectivity index (χ2v) is 7.32. The average Bonchev–Trinajstić information content (AvgIpc) is 2.77. The Morgan fingerprint density at radius 3 is 1.45 bits per heavy atom. The molecule has 1 aliphatic rings. The van der Waals surface area contributed by atoms with Gasteiger partial charge in [-0.1, -0.05) is 26.0 Å². The van der Waals surface area contributed by atoms with E-state index >= 15 is 0 Å². The Kier molecular flexibility index (Phi) is 6.33. The minimum absolute atomic E-state index is 0.198. The predicted molar refractivity (Wildman–Crippen MR) is 111 cm³/mol. The number of piperidine rings is 1. The molecule has 0 aliphatic carbocycles. The molecular weight excluding hydrogens is 370 g/mol. The number of carbonyl (C=O) groups excluding carboxylic acids is 1. The second-order valence-electron chi connectivity index (χ2n) is 7.32. The molecule has 0 saturated carbocycles. The minimum atomic E-state index is -0.201. The molecule has 6 nitrogen and oxygen atoms in total. The van der Waals surface area contributed by atoms with Crippen LogP contribution in [0.25, 0.3) is 0 Å². The zero-order valence-corrected chi connectivity index (χ0v) is 17.8. The smallest absolute Gasteiger partial charge is 0.142 e. The molecule has 0 unspecified atom stereocenters. The van der Waals surface area contributed by atoms with Crippen molar-refractivity contribution in [1.29, 1.82) is 0 Å². The highest BCUT2D eigenvalue weighted by atomic mass is 16.5. The summed E-state index contributed by atoms with van der Waals surface area (Å²) in [4.78, 5) is 13.2. The van der Waals surface area contributed by atoms with Crippen molar-refractivity contribution in [2.75, 3.05) is 28.4 Å². The van der Waals surface area contributed by atoms with Gasteiger partial charge in [-0.2, -0.15) is 0 Å². The number of nitrogens with one attached hydrogen (secondary N) is 1. The third-order valence-corrected chi connectivity index (χ3v) is 5.81. The zero-order chi connectivity index (χ0) is 21.1. The molecule has 2 aromatic rings. The van der Waals surface area contributed by atoms with Gasteiger partial charge in [-0.15, -0.1) is 0 Å². The van der Waals surface area contributed by atoms with E-state index < -0.39 is 0 Å². The van der Waals surface area contributed by atoms with Gasteiger partial charge in [0.25, 0.3) is 0 Å². The maximum Gasteiger partial charge on any atom is 0.142 e. The summed E-state index contributed by atoms with van der Waals surface area (Å²) in [5.74, 6) is 2.60. The van der Waals surface area contributed by atoms with Crippen LogP contribution in [0.4, 0.5) is 0 Å². The monoisotopic (exact) mass is 399 g/mol. The molecule has 1 N–H and O–H groups in total. The summed E-state index contributed by atoms with van der Waals surface area (Å²) in [6.45, 7) is 3.92. The van der Waals surface area contributed by atoms with Gasteiger partial charge in [0, 0.05) is 47.2 Å². The molecule has 1 heterocycles. The van der Waals surface area contributed by atoms with Crippen LogP contribution in [0.1, 0.15) is 37.1 Å². The van der Waals surface area contributed by atoms with E-state index in [4.69, 9.17) is 18.9 Å². The van der Waals surface area contributed by atoms with Gasteiger partial charge in [-0.3, -0.25) is 4.79 Å². The molecule has 0 aromatic heterocycles. The topological polar surface area (TPSA) is 66.0 Å². The van der Waals surface area contributed by atoms with Crippen LogP contribution >= 0.6 is 0 Å². The molecule has 1 fully saturated rings. The van der Waals surface area contributed by atoms with Gasteiger partial charge in [0.1, 0.15) is 28.8 Å². The average molecular weight is 399 g/mol. The highest BCUT2D eigenvalue weighted by Crippen LogP contribution is 2.44. The van der Waals surface area contributed by atoms with E-state index in [1.165, 1.54) is 0 Å². The number of benzene rings is 2. The molecule has 156 valence electrons. The van der Waals surface area contributed by atoms with E-state index in [1.807, 2.05) is 50.2 Å². The van der Waals surface area contributed by atoms with Crippen LogP contribution in [0.3, 0.4) is 0 Å². The number of ketones is 1. The normalized spacial score (nSPS) is 24.1. The quantitative estimate of drug-likeness (QED) is 0.794. The van der Waals surface area contributed by atoms with E-state index in [9.17, 15) is 4.79 Å². The van der Waals surface area contributed by atoms with Gasteiger partial charge < -0.3 is 24.3 Å². The molecule has 0 amide bonds. The maximum atomic E-state index is 13.2. The van der Waals surface area contributed by atoms with Crippen LogP contribution < -0.4 is 24.3 Å². The van der Waals surface area contributed by atoms with Crippen LogP contribution in [0.2, 0.25) is 0 Å². The van der Waals surface area contributed by atoms with E-state index in [-0.39, 0.29) is 29.7 Å². The Labute approximate surface area is 172 Å². The summed E-state index contributed by atoms with van der Waals surface area (Å²) in [6.07, 6.45) is 0. The molecular formula is C23H29NO5. The summed E-state index contributed by atoms with van der Waals surface area (Å²) in [6, 6.07) is 11.0. The molecule has 0 spiro atoms. The lowest BCUT2D eigenvalue weighted by Gasteiger charge is -2.40. The van der Waals surface area contributed by atoms with Gasteiger partial charge in [0.15, 0.2) is 0 Å². The Hall–Kier alpha value is -2.73. The molecule has 29 heavy (non-hydrogen) atoms. The highest BCUT2D eigenvalue weighted by Gasteiger charge is 2.42. The first kappa shape index (κ1) is 21.0. The van der Waals surface area contributed by atoms with Crippen LogP contribution in [-0.4, -0.2) is 34.2 Å². The van der Waals surface area contributed by atoms with Crippen LogP contribution in [0.15, 0.2) is 36.4 Å². The number of hydrogen-bond donors (Lipinski definition) is 1. The maximum absolute atomic E-state index is 13.2. The standard InChI is InChI=1S/C23H29NO5/c1-13-21(17-9-7-15(26-3)11-19(17)28-5)24-22(14(2)23(13)25)18-10-8-16(27-4)12-20(18)29-6/h7-14,21-22,24H,1-6H3/t13-,14+,21-,22-/m0/s1. The van der Waals surface area contributed by atoms with Crippen molar-refractivity contribution >= 4 is 5.78 Å². The summed E-state index contributed by atoms with van der Waals surface area (Å²) in [5, 5.41) is 3.68. The summed E-state index contributed by atoms with van der Waals surface area (Å²) in [5.41, 5.74) is 1.86. The van der Waals surface area contributed by atoms with E-state index in [0.29, 0.717) is 23.0 Å². The van der Waals surface area contributed by atoms with E-state index in [0.717, 1.165) is 11.1 Å². The van der Waals surface area contributed by atoms with Crippen molar-refractivity contribution < 1.29 is 23.7 Å². The van der Waals surface area contributed by atoms with Crippen LogP contribution in [0.5, 0.6) is 23.0 Å². The number of methoxy groups -OCH3 is 4. The fourth-order valence-electron chi connectivity index (χ4n) is 4.09. The van der Waals surface area contributed by atoms with Crippen LogP contribution in [0, 0.1) is 11.8 Å². The molecule has 3 rings (SSSR count). The first-order chi connectivity index (χ1) is 13.9. The Balaban J connectivity index is 2.03. The third kappa shape index (κ3) is 3.90. The predicted octanol–water partition coefficient (Wildman–Crippen LogP) is 3.95. The molecule has 1 aliphatic heterocycles. The highest BCUT2D eigenvalue weighted by molar-refractivity contribution is 5.86. The van der Waals surface area contributed by atoms with Gasteiger partial charge in [0.05, 0.1) is 28.4 Å². The van der Waals surface area contributed by atoms with Crippen molar-refractivity contribution in [3.05, 3.63) is 47.5 Å². The number of ether oxygens (including phenoxy) is 4. The number of rotatable bonds is 6. The summed E-state index contributed by atoms with van der Waals surface area (Å²) >= 11 is 0. The zero-order valence-electron chi connectivity index (χ0n) is 17.8. The van der Waals surface area contributed by atoms with Crippen molar-refractivity contribution in [3.8, 4) is 23.0 Å². The summed E-state index contributed by atoms with van der Waals surface area (Å²) < 4.78 is 21.8. The molecule has 0 bridgehead atoms. The molecule has 1 saturated heterocycles.